The lowest BCUT2D eigenvalue weighted by Gasteiger charge is -2.32. The van der Waals surface area contributed by atoms with E-state index in [2.05, 4.69) is 4.74 Å². The van der Waals surface area contributed by atoms with E-state index in [1.165, 1.54) is 33.5 Å². The van der Waals surface area contributed by atoms with Crippen LogP contribution in [0.25, 0.3) is 0 Å². The molecule has 3 rings (SSSR count). The molecule has 31 heavy (non-hydrogen) atoms. The van der Waals surface area contributed by atoms with Crippen LogP contribution in [0.5, 0.6) is 5.75 Å². The number of carbonyl (C=O) groups excluding carboxylic acids is 1. The molecule has 1 saturated heterocycles. The highest BCUT2D eigenvalue weighted by Crippen LogP contribution is 2.26. The van der Waals surface area contributed by atoms with E-state index >= 15 is 0 Å². The number of nitrogens with zero attached hydrogens (tertiary/aromatic N) is 2. The van der Waals surface area contributed by atoms with Gasteiger partial charge in [-0.25, -0.2) is 12.8 Å². The SMILES string of the molecule is CN(Cc1ccc(OC(F)F)cc1)C(=O)C1CCN(S(=O)(=O)c2ccc(F)cc2)CC1. The fourth-order valence-corrected chi connectivity index (χ4v) is 5.01. The van der Waals surface area contributed by atoms with E-state index in [1.807, 2.05) is 0 Å². The van der Waals surface area contributed by atoms with Gasteiger partial charge in [-0.05, 0) is 54.8 Å². The Bertz CT molecular complexity index is 990. The summed E-state index contributed by atoms with van der Waals surface area (Å²) >= 11 is 0. The number of ether oxygens (including phenoxy) is 1. The number of rotatable bonds is 7. The number of piperidine rings is 1. The number of hydrogen-bond acceptors (Lipinski definition) is 4. The van der Waals surface area contributed by atoms with Gasteiger partial charge in [-0.1, -0.05) is 12.1 Å². The van der Waals surface area contributed by atoms with E-state index in [1.54, 1.807) is 19.2 Å². The molecule has 0 aliphatic carbocycles. The summed E-state index contributed by atoms with van der Waals surface area (Å²) < 4.78 is 68.5. The zero-order valence-electron chi connectivity index (χ0n) is 16.9. The van der Waals surface area contributed by atoms with Crippen molar-refractivity contribution >= 4 is 15.9 Å². The first-order valence-electron chi connectivity index (χ1n) is 9.71. The largest absolute Gasteiger partial charge is 0.435 e. The average Bonchev–Trinajstić information content (AvgIpc) is 2.74. The highest BCUT2D eigenvalue weighted by molar-refractivity contribution is 7.89. The Labute approximate surface area is 179 Å². The topological polar surface area (TPSA) is 66.9 Å². The number of carbonyl (C=O) groups is 1. The zero-order chi connectivity index (χ0) is 22.6. The molecule has 168 valence electrons. The van der Waals surface area contributed by atoms with Gasteiger partial charge in [0.15, 0.2) is 0 Å². The smallest absolute Gasteiger partial charge is 0.387 e. The van der Waals surface area contributed by atoms with Gasteiger partial charge in [0.05, 0.1) is 4.90 Å². The van der Waals surface area contributed by atoms with Gasteiger partial charge < -0.3 is 9.64 Å². The van der Waals surface area contributed by atoms with Crippen molar-refractivity contribution in [3.8, 4) is 5.75 Å². The fraction of sp³-hybridized carbons (Fsp3) is 0.381. The molecule has 0 saturated carbocycles. The summed E-state index contributed by atoms with van der Waals surface area (Å²) in [6.45, 7) is -2.21. The van der Waals surface area contributed by atoms with Crippen LogP contribution in [0.4, 0.5) is 13.2 Å². The van der Waals surface area contributed by atoms with Gasteiger partial charge in [0.25, 0.3) is 0 Å². The van der Waals surface area contributed by atoms with E-state index in [9.17, 15) is 26.4 Å². The molecule has 0 atom stereocenters. The molecule has 1 aliphatic heterocycles. The summed E-state index contributed by atoms with van der Waals surface area (Å²) in [4.78, 5) is 14.3. The van der Waals surface area contributed by atoms with Crippen LogP contribution >= 0.6 is 0 Å². The van der Waals surface area contributed by atoms with Crippen LogP contribution < -0.4 is 4.74 Å². The highest BCUT2D eigenvalue weighted by atomic mass is 32.2. The van der Waals surface area contributed by atoms with Gasteiger partial charge in [0.1, 0.15) is 11.6 Å². The summed E-state index contributed by atoms with van der Waals surface area (Å²) in [5, 5.41) is 0. The number of amides is 1. The van der Waals surface area contributed by atoms with Gasteiger partial charge >= 0.3 is 6.61 Å². The lowest BCUT2D eigenvalue weighted by Crippen LogP contribution is -2.43. The first kappa shape index (κ1) is 23.1. The van der Waals surface area contributed by atoms with Crippen molar-refractivity contribution in [1.82, 2.24) is 9.21 Å². The first-order valence-corrected chi connectivity index (χ1v) is 11.2. The Kier molecular flexibility index (Phi) is 7.22. The minimum atomic E-state index is -3.73. The lowest BCUT2D eigenvalue weighted by molar-refractivity contribution is -0.135. The van der Waals surface area contributed by atoms with Crippen molar-refractivity contribution in [1.29, 1.82) is 0 Å². The minimum absolute atomic E-state index is 0.0232. The summed E-state index contributed by atoms with van der Waals surface area (Å²) in [5.74, 6) is -0.886. The first-order chi connectivity index (χ1) is 14.7. The van der Waals surface area contributed by atoms with Crippen molar-refractivity contribution < 1.29 is 31.1 Å². The Hall–Kier alpha value is -2.59. The standard InChI is InChI=1S/C21H23F3N2O4S/c1-25(14-15-2-6-18(7-3-15)30-21(23)24)20(27)16-10-12-26(13-11-16)31(28,29)19-8-4-17(22)5-9-19/h2-9,16,21H,10-14H2,1H3. The lowest BCUT2D eigenvalue weighted by atomic mass is 9.96. The molecule has 1 heterocycles. The molecule has 10 heteroatoms. The van der Waals surface area contributed by atoms with Crippen molar-refractivity contribution in [2.24, 2.45) is 5.92 Å². The Morgan fingerprint density at radius 3 is 2.23 bits per heavy atom. The monoisotopic (exact) mass is 456 g/mol. The maximum Gasteiger partial charge on any atom is 0.387 e. The third kappa shape index (κ3) is 5.76. The fourth-order valence-electron chi connectivity index (χ4n) is 3.54. The second-order valence-electron chi connectivity index (χ2n) is 7.35. The van der Waals surface area contributed by atoms with Gasteiger partial charge in [0, 0.05) is 32.6 Å². The van der Waals surface area contributed by atoms with Crippen molar-refractivity contribution in [2.45, 2.75) is 30.9 Å². The van der Waals surface area contributed by atoms with Crippen LogP contribution in [0.3, 0.4) is 0 Å². The van der Waals surface area contributed by atoms with Crippen molar-refractivity contribution in [3.05, 3.63) is 59.9 Å². The van der Waals surface area contributed by atoms with Crippen molar-refractivity contribution in [2.75, 3.05) is 20.1 Å². The molecule has 0 unspecified atom stereocenters. The molecule has 0 spiro atoms. The number of benzene rings is 2. The molecular formula is C21H23F3N2O4S. The molecule has 0 N–H and O–H groups in total. The van der Waals surface area contributed by atoms with Crippen LogP contribution in [0.15, 0.2) is 53.4 Å². The summed E-state index contributed by atoms with van der Waals surface area (Å²) in [6.07, 6.45) is 0.759. The van der Waals surface area contributed by atoms with Crippen LogP contribution in [0.2, 0.25) is 0 Å². The Morgan fingerprint density at radius 2 is 1.68 bits per heavy atom. The number of sulfonamides is 1. The molecule has 2 aromatic rings. The normalized spacial score (nSPS) is 15.8. The predicted octanol–water partition coefficient (Wildman–Crippen LogP) is 3.49. The summed E-state index contributed by atoms with van der Waals surface area (Å²) in [6, 6.07) is 10.7. The molecule has 1 fully saturated rings. The molecule has 0 bridgehead atoms. The van der Waals surface area contributed by atoms with E-state index in [0.717, 1.165) is 17.7 Å². The van der Waals surface area contributed by atoms with E-state index in [4.69, 9.17) is 0 Å². The molecule has 0 aromatic heterocycles. The second-order valence-corrected chi connectivity index (χ2v) is 9.29. The van der Waals surface area contributed by atoms with Gasteiger partial charge in [-0.15, -0.1) is 0 Å². The van der Waals surface area contributed by atoms with E-state index < -0.39 is 22.5 Å². The van der Waals surface area contributed by atoms with E-state index in [0.29, 0.717) is 19.4 Å². The van der Waals surface area contributed by atoms with Gasteiger partial charge in [0.2, 0.25) is 15.9 Å². The average molecular weight is 456 g/mol. The molecule has 1 amide bonds. The summed E-state index contributed by atoms with van der Waals surface area (Å²) in [5.41, 5.74) is 0.758. The van der Waals surface area contributed by atoms with Crippen LogP contribution in [0.1, 0.15) is 18.4 Å². The highest BCUT2D eigenvalue weighted by Gasteiger charge is 2.33. The molecular weight excluding hydrogens is 433 g/mol. The van der Waals surface area contributed by atoms with Gasteiger partial charge in [-0.2, -0.15) is 13.1 Å². The Balaban J connectivity index is 1.55. The Morgan fingerprint density at radius 1 is 1.10 bits per heavy atom. The maximum absolute atomic E-state index is 13.1. The number of halogens is 3. The number of hydrogen-bond donors (Lipinski definition) is 0. The van der Waals surface area contributed by atoms with Crippen molar-refractivity contribution in [3.63, 3.8) is 0 Å². The zero-order valence-corrected chi connectivity index (χ0v) is 17.7. The molecule has 6 nitrogen and oxygen atoms in total. The summed E-state index contributed by atoms with van der Waals surface area (Å²) in [7, 11) is -2.09. The predicted molar refractivity (Wildman–Crippen MR) is 107 cm³/mol. The third-order valence-electron chi connectivity index (χ3n) is 5.20. The second kappa shape index (κ2) is 9.69. The van der Waals surface area contributed by atoms with Crippen LogP contribution in [0, 0.1) is 11.7 Å². The number of alkyl halides is 2. The quantitative estimate of drug-likeness (QED) is 0.640. The van der Waals surface area contributed by atoms with Crippen LogP contribution in [-0.4, -0.2) is 50.3 Å². The third-order valence-corrected chi connectivity index (χ3v) is 7.11. The molecule has 0 radical (unpaired) electrons. The maximum atomic E-state index is 13.1. The van der Waals surface area contributed by atoms with E-state index in [-0.39, 0.29) is 35.6 Å². The molecule has 1 aliphatic rings. The molecule has 2 aromatic carbocycles. The van der Waals surface area contributed by atoms with Crippen LogP contribution in [-0.2, 0) is 21.4 Å². The van der Waals surface area contributed by atoms with Gasteiger partial charge in [-0.3, -0.25) is 4.79 Å². The minimum Gasteiger partial charge on any atom is -0.435 e.